The Kier molecular flexibility index (Phi) is 6.01. The van der Waals surface area contributed by atoms with E-state index in [1.165, 1.54) is 6.20 Å². The average Bonchev–Trinajstić information content (AvgIpc) is 2.73. The van der Waals surface area contributed by atoms with Crippen molar-refractivity contribution in [2.45, 2.75) is 6.54 Å². The van der Waals surface area contributed by atoms with Crippen molar-refractivity contribution in [2.75, 3.05) is 24.3 Å². The Morgan fingerprint density at radius 2 is 1.64 bits per heavy atom. The Labute approximate surface area is 164 Å². The summed E-state index contributed by atoms with van der Waals surface area (Å²) in [6.45, 7) is 0.303. The maximum absolute atomic E-state index is 12.4. The van der Waals surface area contributed by atoms with E-state index in [0.29, 0.717) is 23.4 Å². The molecule has 0 unspecified atom stereocenters. The van der Waals surface area contributed by atoms with Gasteiger partial charge in [0.15, 0.2) is 0 Å². The van der Waals surface area contributed by atoms with Gasteiger partial charge in [0.1, 0.15) is 0 Å². The topological polar surface area (TPSA) is 74.3 Å². The Morgan fingerprint density at radius 3 is 2.32 bits per heavy atom. The molecule has 6 nitrogen and oxygen atoms in total. The summed E-state index contributed by atoms with van der Waals surface area (Å²) >= 11 is 0. The summed E-state index contributed by atoms with van der Waals surface area (Å²) in [6.07, 6.45) is 3.13. The van der Waals surface area contributed by atoms with Gasteiger partial charge in [-0.25, -0.2) is 0 Å². The monoisotopic (exact) mass is 374 g/mol. The molecule has 0 aliphatic rings. The number of benzene rings is 2. The number of hydrogen-bond acceptors (Lipinski definition) is 4. The summed E-state index contributed by atoms with van der Waals surface area (Å²) in [5.74, 6) is -0.412. The van der Waals surface area contributed by atoms with Crippen LogP contribution in [0.4, 0.5) is 11.4 Å². The molecule has 1 aromatic heterocycles. The predicted molar refractivity (Wildman–Crippen MR) is 111 cm³/mol. The second-order valence-corrected chi connectivity index (χ2v) is 6.48. The first kappa shape index (κ1) is 19.1. The molecule has 0 bridgehead atoms. The van der Waals surface area contributed by atoms with Crippen molar-refractivity contribution in [3.8, 4) is 0 Å². The Balaban J connectivity index is 1.66. The van der Waals surface area contributed by atoms with E-state index in [2.05, 4.69) is 15.6 Å². The highest BCUT2D eigenvalue weighted by Crippen LogP contribution is 2.17. The highest BCUT2D eigenvalue weighted by atomic mass is 16.2. The lowest BCUT2D eigenvalue weighted by Gasteiger charge is -2.14. The van der Waals surface area contributed by atoms with E-state index in [1.54, 1.807) is 30.5 Å². The van der Waals surface area contributed by atoms with E-state index in [-0.39, 0.29) is 11.8 Å². The second-order valence-electron chi connectivity index (χ2n) is 6.48. The largest absolute Gasteiger partial charge is 0.378 e. The summed E-state index contributed by atoms with van der Waals surface area (Å²) in [7, 11) is 3.90. The minimum atomic E-state index is -0.244. The number of para-hydroxylation sites is 1. The van der Waals surface area contributed by atoms with E-state index >= 15 is 0 Å². The van der Waals surface area contributed by atoms with Crippen LogP contribution in [0.5, 0.6) is 0 Å². The molecule has 0 radical (unpaired) electrons. The lowest BCUT2D eigenvalue weighted by atomic mass is 10.1. The molecular formula is C22H22N4O2. The number of carbonyl (C=O) groups is 2. The first-order valence-electron chi connectivity index (χ1n) is 8.89. The third-order valence-electron chi connectivity index (χ3n) is 4.27. The van der Waals surface area contributed by atoms with Gasteiger partial charge in [-0.1, -0.05) is 18.2 Å². The van der Waals surface area contributed by atoms with E-state index in [9.17, 15) is 9.59 Å². The molecular weight excluding hydrogens is 352 g/mol. The summed E-state index contributed by atoms with van der Waals surface area (Å²) in [5, 5.41) is 5.78. The van der Waals surface area contributed by atoms with Gasteiger partial charge >= 0.3 is 0 Å². The van der Waals surface area contributed by atoms with Crippen molar-refractivity contribution in [3.63, 3.8) is 0 Å². The number of pyridine rings is 1. The number of hydrogen-bond donors (Lipinski definition) is 2. The fourth-order valence-corrected chi connectivity index (χ4v) is 2.68. The van der Waals surface area contributed by atoms with Crippen molar-refractivity contribution >= 4 is 23.2 Å². The Bertz CT molecular complexity index is 954. The Hall–Kier alpha value is -3.67. The lowest BCUT2D eigenvalue weighted by Crippen LogP contribution is -2.24. The molecule has 2 N–H and O–H groups in total. The summed E-state index contributed by atoms with van der Waals surface area (Å²) < 4.78 is 0. The molecule has 2 amide bonds. The molecule has 0 aliphatic heterocycles. The molecule has 0 atom stereocenters. The third-order valence-corrected chi connectivity index (χ3v) is 4.27. The number of aromatic nitrogens is 1. The van der Waals surface area contributed by atoms with Crippen molar-refractivity contribution in [1.29, 1.82) is 0 Å². The molecule has 1 heterocycles. The van der Waals surface area contributed by atoms with Crippen molar-refractivity contribution < 1.29 is 9.59 Å². The average molecular weight is 374 g/mol. The minimum absolute atomic E-state index is 0.168. The smallest absolute Gasteiger partial charge is 0.257 e. The number of anilines is 2. The quantitative estimate of drug-likeness (QED) is 0.694. The van der Waals surface area contributed by atoms with Gasteiger partial charge in [0.05, 0.1) is 5.56 Å². The zero-order chi connectivity index (χ0) is 19.9. The maximum Gasteiger partial charge on any atom is 0.257 e. The standard InChI is InChI=1S/C22H22N4O2/c1-26(2)19-11-9-16(10-12-19)21(27)24-15-17-6-3-4-8-20(17)25-22(28)18-7-5-13-23-14-18/h3-14H,15H2,1-2H3,(H,24,27)(H,25,28). The van der Waals surface area contributed by atoms with Crippen LogP contribution in [0.25, 0.3) is 0 Å². The molecule has 2 aromatic carbocycles. The van der Waals surface area contributed by atoms with Crippen molar-refractivity contribution in [2.24, 2.45) is 0 Å². The molecule has 0 aliphatic carbocycles. The van der Waals surface area contributed by atoms with Gasteiger partial charge in [-0.05, 0) is 48.0 Å². The third kappa shape index (κ3) is 4.73. The SMILES string of the molecule is CN(C)c1ccc(C(=O)NCc2ccccc2NC(=O)c2cccnc2)cc1. The first-order chi connectivity index (χ1) is 13.5. The molecule has 0 saturated carbocycles. The van der Waals surface area contributed by atoms with Gasteiger partial charge in [-0.2, -0.15) is 0 Å². The van der Waals surface area contributed by atoms with Crippen molar-refractivity contribution in [3.05, 3.63) is 89.7 Å². The number of nitrogens with zero attached hydrogens (tertiary/aromatic N) is 2. The highest BCUT2D eigenvalue weighted by molar-refractivity contribution is 6.04. The van der Waals surface area contributed by atoms with Gasteiger partial charge in [0.2, 0.25) is 0 Å². The summed E-state index contributed by atoms with van der Waals surface area (Å²) in [5.41, 5.74) is 3.56. The van der Waals surface area contributed by atoms with Crippen LogP contribution in [-0.2, 0) is 6.54 Å². The van der Waals surface area contributed by atoms with Crippen LogP contribution in [0.2, 0.25) is 0 Å². The normalized spacial score (nSPS) is 10.2. The number of carbonyl (C=O) groups excluding carboxylic acids is 2. The zero-order valence-corrected chi connectivity index (χ0v) is 15.8. The molecule has 0 fully saturated rings. The molecule has 0 saturated heterocycles. The van der Waals surface area contributed by atoms with Gasteiger partial charge in [-0.3, -0.25) is 14.6 Å². The first-order valence-corrected chi connectivity index (χ1v) is 8.89. The minimum Gasteiger partial charge on any atom is -0.378 e. The second kappa shape index (κ2) is 8.81. The zero-order valence-electron chi connectivity index (χ0n) is 15.8. The molecule has 142 valence electrons. The van der Waals surface area contributed by atoms with Crippen LogP contribution in [0, 0.1) is 0 Å². The van der Waals surface area contributed by atoms with Crippen LogP contribution >= 0.6 is 0 Å². The number of rotatable bonds is 6. The number of amides is 2. The van der Waals surface area contributed by atoms with Gasteiger partial charge in [0, 0.05) is 50.0 Å². The maximum atomic E-state index is 12.4. The predicted octanol–water partition coefficient (Wildman–Crippen LogP) is 3.33. The molecule has 3 aromatic rings. The Morgan fingerprint density at radius 1 is 0.893 bits per heavy atom. The van der Waals surface area contributed by atoms with Crippen LogP contribution in [-0.4, -0.2) is 30.9 Å². The van der Waals surface area contributed by atoms with E-state index in [0.717, 1.165) is 11.3 Å². The summed E-state index contributed by atoms with van der Waals surface area (Å²) in [4.78, 5) is 30.7. The summed E-state index contributed by atoms with van der Waals surface area (Å²) in [6, 6.07) is 18.2. The van der Waals surface area contributed by atoms with Gasteiger partial charge < -0.3 is 15.5 Å². The lowest BCUT2D eigenvalue weighted by molar-refractivity contribution is 0.0950. The fraction of sp³-hybridized carbons (Fsp3) is 0.136. The van der Waals surface area contributed by atoms with E-state index < -0.39 is 0 Å². The molecule has 0 spiro atoms. The van der Waals surface area contributed by atoms with E-state index in [1.807, 2.05) is 55.4 Å². The van der Waals surface area contributed by atoms with Gasteiger partial charge in [-0.15, -0.1) is 0 Å². The van der Waals surface area contributed by atoms with E-state index in [4.69, 9.17) is 0 Å². The van der Waals surface area contributed by atoms with Crippen LogP contribution < -0.4 is 15.5 Å². The molecule has 6 heteroatoms. The van der Waals surface area contributed by atoms with Crippen LogP contribution in [0.3, 0.4) is 0 Å². The molecule has 3 rings (SSSR count). The van der Waals surface area contributed by atoms with Crippen LogP contribution in [0.1, 0.15) is 26.3 Å². The molecule has 28 heavy (non-hydrogen) atoms. The van der Waals surface area contributed by atoms with Crippen LogP contribution in [0.15, 0.2) is 73.1 Å². The number of nitrogens with one attached hydrogen (secondary N) is 2. The van der Waals surface area contributed by atoms with Gasteiger partial charge in [0.25, 0.3) is 11.8 Å². The van der Waals surface area contributed by atoms with Crippen molar-refractivity contribution in [1.82, 2.24) is 10.3 Å². The highest BCUT2D eigenvalue weighted by Gasteiger charge is 2.11. The fourth-order valence-electron chi connectivity index (χ4n) is 2.68.